The molecule has 0 unspecified atom stereocenters. The lowest BCUT2D eigenvalue weighted by Crippen LogP contribution is -2.19. The van der Waals surface area contributed by atoms with Gasteiger partial charge in [-0.15, -0.1) is 0 Å². The number of fused-ring (bicyclic) bond motifs is 1. The number of rotatable bonds is 7. The summed E-state index contributed by atoms with van der Waals surface area (Å²) < 4.78 is 16.8. The zero-order valence-electron chi connectivity index (χ0n) is 13.4. The minimum atomic E-state index is 0.283. The molecule has 0 radical (unpaired) electrons. The van der Waals surface area contributed by atoms with Crippen LogP contribution in [0.4, 0.5) is 0 Å². The van der Waals surface area contributed by atoms with E-state index < -0.39 is 0 Å². The van der Waals surface area contributed by atoms with Gasteiger partial charge in [-0.25, -0.2) is 0 Å². The van der Waals surface area contributed by atoms with Crippen molar-refractivity contribution in [1.82, 2.24) is 5.32 Å². The highest BCUT2D eigenvalue weighted by molar-refractivity contribution is 5.51. The van der Waals surface area contributed by atoms with Gasteiger partial charge in [-0.2, -0.15) is 0 Å². The first kappa shape index (κ1) is 15.7. The molecular formula is C17H25NO3. The Hall–Kier alpha value is -1.68. The number of nitrogens with one attached hydrogen (secondary N) is 1. The largest absolute Gasteiger partial charge is 0.489 e. The van der Waals surface area contributed by atoms with Crippen LogP contribution >= 0.6 is 0 Å². The van der Waals surface area contributed by atoms with Gasteiger partial charge in [0.1, 0.15) is 12.4 Å². The Kier molecular flexibility index (Phi) is 5.51. The Morgan fingerprint density at radius 3 is 2.67 bits per heavy atom. The molecule has 2 rings (SSSR count). The first-order valence-electron chi connectivity index (χ1n) is 7.45. The molecule has 0 spiro atoms. The van der Waals surface area contributed by atoms with Gasteiger partial charge in [0.05, 0.1) is 0 Å². The lowest BCUT2D eigenvalue weighted by Gasteiger charge is -2.13. The predicted molar refractivity (Wildman–Crippen MR) is 84.0 cm³/mol. The number of allylic oxidation sites excluding steroid dienone is 1. The number of benzene rings is 1. The van der Waals surface area contributed by atoms with Gasteiger partial charge in [-0.05, 0) is 38.5 Å². The molecule has 0 fully saturated rings. The molecule has 0 aliphatic carbocycles. The van der Waals surface area contributed by atoms with E-state index in [9.17, 15) is 0 Å². The average molecular weight is 291 g/mol. The van der Waals surface area contributed by atoms with E-state index in [1.54, 1.807) is 0 Å². The first-order chi connectivity index (χ1) is 10.1. The van der Waals surface area contributed by atoms with E-state index in [0.717, 1.165) is 35.9 Å². The average Bonchev–Trinajstić information content (AvgIpc) is 2.85. The summed E-state index contributed by atoms with van der Waals surface area (Å²) in [5, 5.41) is 3.44. The third-order valence-corrected chi connectivity index (χ3v) is 3.15. The summed E-state index contributed by atoms with van der Waals surface area (Å²) >= 11 is 0. The summed E-state index contributed by atoms with van der Waals surface area (Å²) in [7, 11) is 0. The second kappa shape index (κ2) is 7.36. The topological polar surface area (TPSA) is 39.7 Å². The Morgan fingerprint density at radius 2 is 2.00 bits per heavy atom. The SMILES string of the molecule is CC(C)=CCOc1cc2c(cc1CNCC(C)C)OCO2. The molecule has 0 saturated carbocycles. The quantitative estimate of drug-likeness (QED) is 0.780. The summed E-state index contributed by atoms with van der Waals surface area (Å²) in [6.07, 6.45) is 2.07. The predicted octanol–water partition coefficient (Wildman–Crippen LogP) is 3.51. The van der Waals surface area contributed by atoms with Gasteiger partial charge in [-0.1, -0.05) is 19.4 Å². The maximum absolute atomic E-state index is 5.88. The third kappa shape index (κ3) is 4.67. The molecule has 4 nitrogen and oxygen atoms in total. The van der Waals surface area contributed by atoms with E-state index in [2.05, 4.69) is 39.1 Å². The lowest BCUT2D eigenvalue weighted by molar-refractivity contribution is 0.174. The molecule has 0 amide bonds. The van der Waals surface area contributed by atoms with Gasteiger partial charge in [0.25, 0.3) is 0 Å². The maximum Gasteiger partial charge on any atom is 0.231 e. The zero-order valence-corrected chi connectivity index (χ0v) is 13.4. The van der Waals surface area contributed by atoms with Crippen molar-refractivity contribution >= 4 is 0 Å². The molecule has 0 aromatic heterocycles. The molecule has 1 aromatic rings. The molecule has 1 aromatic carbocycles. The van der Waals surface area contributed by atoms with Crippen LogP contribution in [0.1, 0.15) is 33.3 Å². The molecule has 0 saturated heterocycles. The van der Waals surface area contributed by atoms with Crippen molar-refractivity contribution < 1.29 is 14.2 Å². The Labute approximate surface area is 127 Å². The second-order valence-electron chi connectivity index (χ2n) is 5.93. The molecule has 21 heavy (non-hydrogen) atoms. The number of hydrogen-bond acceptors (Lipinski definition) is 4. The van der Waals surface area contributed by atoms with Crippen LogP contribution in [0.15, 0.2) is 23.8 Å². The highest BCUT2D eigenvalue weighted by Crippen LogP contribution is 2.38. The smallest absolute Gasteiger partial charge is 0.231 e. The second-order valence-corrected chi connectivity index (χ2v) is 5.93. The zero-order chi connectivity index (χ0) is 15.2. The van der Waals surface area contributed by atoms with Crippen molar-refractivity contribution in [3.8, 4) is 17.2 Å². The summed E-state index contributed by atoms with van der Waals surface area (Å²) in [6, 6.07) is 3.93. The van der Waals surface area contributed by atoms with Crippen LogP contribution in [-0.4, -0.2) is 19.9 Å². The molecule has 1 aliphatic heterocycles. The number of hydrogen-bond donors (Lipinski definition) is 1. The van der Waals surface area contributed by atoms with E-state index in [0.29, 0.717) is 12.5 Å². The molecular weight excluding hydrogens is 266 g/mol. The van der Waals surface area contributed by atoms with Crippen LogP contribution in [0.5, 0.6) is 17.2 Å². The van der Waals surface area contributed by atoms with Gasteiger partial charge in [-0.3, -0.25) is 0 Å². The standard InChI is InChI=1S/C17H25NO3/c1-12(2)5-6-19-15-8-17-16(20-11-21-17)7-14(15)10-18-9-13(3)4/h5,7-8,13,18H,6,9-11H2,1-4H3. The summed E-state index contributed by atoms with van der Waals surface area (Å²) in [6.45, 7) is 11.1. The van der Waals surface area contributed by atoms with Crippen LogP contribution in [0.2, 0.25) is 0 Å². The normalized spacial score (nSPS) is 12.6. The highest BCUT2D eigenvalue weighted by Gasteiger charge is 2.17. The van der Waals surface area contributed by atoms with Crippen molar-refractivity contribution in [2.45, 2.75) is 34.2 Å². The molecule has 4 heteroatoms. The molecule has 1 N–H and O–H groups in total. The summed E-state index contributed by atoms with van der Waals surface area (Å²) in [4.78, 5) is 0. The molecule has 1 aliphatic rings. The molecule has 0 bridgehead atoms. The fourth-order valence-electron chi connectivity index (χ4n) is 2.03. The minimum Gasteiger partial charge on any atom is -0.489 e. The fraction of sp³-hybridized carbons (Fsp3) is 0.529. The van der Waals surface area contributed by atoms with Gasteiger partial charge >= 0.3 is 0 Å². The minimum absolute atomic E-state index is 0.283. The van der Waals surface area contributed by atoms with Gasteiger partial charge in [0.2, 0.25) is 6.79 Å². The van der Waals surface area contributed by atoms with E-state index in [-0.39, 0.29) is 6.79 Å². The third-order valence-electron chi connectivity index (χ3n) is 3.15. The monoisotopic (exact) mass is 291 g/mol. The molecule has 116 valence electrons. The van der Waals surface area contributed by atoms with Gasteiger partial charge in [0, 0.05) is 18.2 Å². The summed E-state index contributed by atoms with van der Waals surface area (Å²) in [5.41, 5.74) is 2.34. The van der Waals surface area contributed by atoms with Crippen LogP contribution < -0.4 is 19.5 Å². The van der Waals surface area contributed by atoms with Crippen LogP contribution in [0, 0.1) is 5.92 Å². The van der Waals surface area contributed by atoms with E-state index in [4.69, 9.17) is 14.2 Å². The highest BCUT2D eigenvalue weighted by atomic mass is 16.7. The van der Waals surface area contributed by atoms with Crippen molar-refractivity contribution in [1.29, 1.82) is 0 Å². The summed E-state index contributed by atoms with van der Waals surface area (Å²) in [5.74, 6) is 3.03. The first-order valence-corrected chi connectivity index (χ1v) is 7.45. The van der Waals surface area contributed by atoms with E-state index >= 15 is 0 Å². The Bertz CT molecular complexity index is 505. The van der Waals surface area contributed by atoms with Crippen molar-refractivity contribution in [3.63, 3.8) is 0 Å². The lowest BCUT2D eigenvalue weighted by atomic mass is 10.1. The maximum atomic E-state index is 5.88. The van der Waals surface area contributed by atoms with Crippen molar-refractivity contribution in [3.05, 3.63) is 29.3 Å². The van der Waals surface area contributed by atoms with Crippen LogP contribution in [0.3, 0.4) is 0 Å². The van der Waals surface area contributed by atoms with Gasteiger partial charge in [0.15, 0.2) is 11.5 Å². The van der Waals surface area contributed by atoms with E-state index in [1.165, 1.54) is 5.57 Å². The van der Waals surface area contributed by atoms with Gasteiger partial charge < -0.3 is 19.5 Å². The number of ether oxygens (including phenoxy) is 3. The molecule has 0 atom stereocenters. The van der Waals surface area contributed by atoms with Crippen molar-refractivity contribution in [2.24, 2.45) is 5.92 Å². The van der Waals surface area contributed by atoms with Crippen LogP contribution in [0.25, 0.3) is 0 Å². The Morgan fingerprint density at radius 1 is 1.29 bits per heavy atom. The Balaban J connectivity index is 2.09. The van der Waals surface area contributed by atoms with Crippen molar-refractivity contribution in [2.75, 3.05) is 19.9 Å². The molecule has 1 heterocycles. The fourth-order valence-corrected chi connectivity index (χ4v) is 2.03. The van der Waals surface area contributed by atoms with E-state index in [1.807, 2.05) is 12.1 Å². The van der Waals surface area contributed by atoms with Crippen LogP contribution in [-0.2, 0) is 6.54 Å².